The lowest BCUT2D eigenvalue weighted by Crippen LogP contribution is -2.18. The van der Waals surface area contributed by atoms with Gasteiger partial charge in [-0.1, -0.05) is 20.8 Å². The number of aliphatic imine (C=N–C) groups is 1. The molecule has 0 saturated heterocycles. The van der Waals surface area contributed by atoms with Crippen LogP contribution in [-0.4, -0.2) is 18.0 Å². The minimum Gasteiger partial charge on any atom is -0.365 e. The summed E-state index contributed by atoms with van der Waals surface area (Å²) >= 11 is 0. The molecule has 4 heteroatoms. The summed E-state index contributed by atoms with van der Waals surface area (Å²) in [6.07, 6.45) is 0.848. The third-order valence-corrected chi connectivity index (χ3v) is 1.71. The van der Waals surface area contributed by atoms with Crippen LogP contribution in [-0.2, 0) is 9.59 Å². The van der Waals surface area contributed by atoms with Gasteiger partial charge in [-0.2, -0.15) is 0 Å². The summed E-state index contributed by atoms with van der Waals surface area (Å²) in [5.41, 5.74) is 4.78. The highest BCUT2D eigenvalue weighted by molar-refractivity contribution is 6.27. The van der Waals surface area contributed by atoms with Gasteiger partial charge < -0.3 is 5.73 Å². The van der Waals surface area contributed by atoms with Crippen molar-refractivity contribution in [3.05, 3.63) is 0 Å². The smallest absolute Gasteiger partial charge is 0.259 e. The van der Waals surface area contributed by atoms with Crippen molar-refractivity contribution in [2.24, 2.45) is 22.6 Å². The Hall–Kier alpha value is -1.19. The lowest BCUT2D eigenvalue weighted by atomic mass is 9.98. The highest BCUT2D eigenvalue weighted by Crippen LogP contribution is 2.10. The average molecular weight is 170 g/mol. The maximum Gasteiger partial charge on any atom is 0.259 e. The van der Waals surface area contributed by atoms with Crippen molar-refractivity contribution in [2.75, 3.05) is 0 Å². The summed E-state index contributed by atoms with van der Waals surface area (Å²) in [6.45, 7) is 5.61. The number of nitrogens with zero attached hydrogens (tertiary/aromatic N) is 1. The minimum atomic E-state index is -0.695. The molecule has 2 N–H and O–H groups in total. The van der Waals surface area contributed by atoms with Crippen LogP contribution in [0.3, 0.4) is 0 Å². The summed E-state index contributed by atoms with van der Waals surface area (Å²) in [6, 6.07) is 0. The molecule has 0 radical (unpaired) electrons. The molecule has 0 aliphatic carbocycles. The summed E-state index contributed by atoms with van der Waals surface area (Å²) in [4.78, 5) is 24.7. The molecule has 68 valence electrons. The number of hydrogen-bond donors (Lipinski definition) is 1. The van der Waals surface area contributed by atoms with E-state index in [1.807, 2.05) is 13.8 Å². The maximum atomic E-state index is 11.1. The zero-order valence-electron chi connectivity index (χ0n) is 7.57. The summed E-state index contributed by atoms with van der Waals surface area (Å²) < 4.78 is 0. The molecule has 0 aromatic rings. The SMILES string of the molecule is CC(C)[C@H](C)C(=O)/N=C/C(N)=O. The summed E-state index contributed by atoms with van der Waals surface area (Å²) in [5.74, 6) is -0.939. The number of hydrogen-bond acceptors (Lipinski definition) is 2. The number of primary amides is 1. The number of amides is 2. The molecule has 12 heavy (non-hydrogen) atoms. The van der Waals surface area contributed by atoms with Crippen LogP contribution in [0, 0.1) is 11.8 Å². The Balaban J connectivity index is 4.13. The van der Waals surface area contributed by atoms with E-state index in [0.717, 1.165) is 6.21 Å². The van der Waals surface area contributed by atoms with Gasteiger partial charge in [0.2, 0.25) is 5.91 Å². The molecule has 0 spiro atoms. The summed E-state index contributed by atoms with van der Waals surface area (Å²) in [7, 11) is 0. The molecule has 4 nitrogen and oxygen atoms in total. The van der Waals surface area contributed by atoms with Gasteiger partial charge in [0.05, 0.1) is 6.21 Å². The molecule has 0 aliphatic heterocycles. The fraction of sp³-hybridized carbons (Fsp3) is 0.625. The number of rotatable bonds is 3. The first-order chi connectivity index (χ1) is 5.45. The van der Waals surface area contributed by atoms with Gasteiger partial charge >= 0.3 is 0 Å². The zero-order valence-corrected chi connectivity index (χ0v) is 7.57. The zero-order chi connectivity index (χ0) is 9.72. The molecule has 0 bridgehead atoms. The molecule has 0 aromatic carbocycles. The summed E-state index contributed by atoms with van der Waals surface area (Å²) in [5, 5.41) is 0. The van der Waals surface area contributed by atoms with Crippen LogP contribution in [0.25, 0.3) is 0 Å². The first kappa shape index (κ1) is 10.8. The van der Waals surface area contributed by atoms with E-state index in [0.29, 0.717) is 0 Å². The van der Waals surface area contributed by atoms with Gasteiger partial charge in [0.25, 0.3) is 5.91 Å². The van der Waals surface area contributed by atoms with Gasteiger partial charge in [-0.3, -0.25) is 9.59 Å². The maximum absolute atomic E-state index is 11.1. The Bertz CT molecular complexity index is 209. The van der Waals surface area contributed by atoms with Crippen LogP contribution in [0.1, 0.15) is 20.8 Å². The molecular formula is C8H14N2O2. The molecule has 0 fully saturated rings. The largest absolute Gasteiger partial charge is 0.365 e. The average Bonchev–Trinajstić information content (AvgIpc) is 1.98. The Labute approximate surface area is 71.9 Å². The van der Waals surface area contributed by atoms with Crippen molar-refractivity contribution in [2.45, 2.75) is 20.8 Å². The van der Waals surface area contributed by atoms with Gasteiger partial charge in [0.1, 0.15) is 0 Å². The van der Waals surface area contributed by atoms with Crippen molar-refractivity contribution < 1.29 is 9.59 Å². The standard InChI is InChI=1S/C8H14N2O2/c1-5(2)6(3)8(12)10-4-7(9)11/h4-6H,1-3H3,(H2,9,11)/b10-4+/t6-/m0/s1. The third-order valence-electron chi connectivity index (χ3n) is 1.71. The Morgan fingerprint density at radius 1 is 1.33 bits per heavy atom. The fourth-order valence-electron chi connectivity index (χ4n) is 0.530. The van der Waals surface area contributed by atoms with Crippen LogP contribution >= 0.6 is 0 Å². The predicted molar refractivity (Wildman–Crippen MR) is 46.7 cm³/mol. The second-order valence-corrected chi connectivity index (χ2v) is 3.03. The lowest BCUT2D eigenvalue weighted by molar-refractivity contribution is -0.122. The van der Waals surface area contributed by atoms with E-state index in [-0.39, 0.29) is 17.7 Å². The quantitative estimate of drug-likeness (QED) is 0.621. The van der Waals surface area contributed by atoms with Crippen molar-refractivity contribution in [3.63, 3.8) is 0 Å². The molecule has 1 atom stereocenters. The van der Waals surface area contributed by atoms with Crippen LogP contribution < -0.4 is 5.73 Å². The topological polar surface area (TPSA) is 72.5 Å². The van der Waals surface area contributed by atoms with Gasteiger partial charge in [-0.25, -0.2) is 4.99 Å². The van der Waals surface area contributed by atoms with E-state index in [1.165, 1.54) is 0 Å². The van der Waals surface area contributed by atoms with E-state index < -0.39 is 5.91 Å². The molecular weight excluding hydrogens is 156 g/mol. The van der Waals surface area contributed by atoms with Crippen molar-refractivity contribution >= 4 is 18.0 Å². The molecule has 0 rings (SSSR count). The van der Waals surface area contributed by atoms with Crippen LogP contribution in [0.2, 0.25) is 0 Å². The first-order valence-electron chi connectivity index (χ1n) is 3.82. The normalized spacial score (nSPS) is 13.7. The van der Waals surface area contributed by atoms with Crippen molar-refractivity contribution in [3.8, 4) is 0 Å². The Morgan fingerprint density at radius 2 is 1.83 bits per heavy atom. The fourth-order valence-corrected chi connectivity index (χ4v) is 0.530. The molecule has 2 amide bonds. The van der Waals surface area contributed by atoms with Gasteiger partial charge in [-0.15, -0.1) is 0 Å². The minimum absolute atomic E-state index is 0.166. The molecule has 0 aromatic heterocycles. The highest BCUT2D eigenvalue weighted by atomic mass is 16.2. The Morgan fingerprint density at radius 3 is 2.17 bits per heavy atom. The van der Waals surface area contributed by atoms with Gasteiger partial charge in [-0.05, 0) is 5.92 Å². The van der Waals surface area contributed by atoms with Crippen molar-refractivity contribution in [1.82, 2.24) is 0 Å². The predicted octanol–water partition coefficient (Wildman–Crippen LogP) is 0.361. The van der Waals surface area contributed by atoms with Crippen molar-refractivity contribution in [1.29, 1.82) is 0 Å². The van der Waals surface area contributed by atoms with E-state index in [2.05, 4.69) is 4.99 Å². The second-order valence-electron chi connectivity index (χ2n) is 3.03. The highest BCUT2D eigenvalue weighted by Gasteiger charge is 2.14. The Kier molecular flexibility index (Phi) is 4.18. The third kappa shape index (κ3) is 3.85. The van der Waals surface area contributed by atoms with Gasteiger partial charge in [0.15, 0.2) is 0 Å². The molecule has 0 saturated carbocycles. The van der Waals surface area contributed by atoms with Crippen LogP contribution in [0.4, 0.5) is 0 Å². The van der Waals surface area contributed by atoms with Crippen LogP contribution in [0.15, 0.2) is 4.99 Å². The second kappa shape index (κ2) is 4.64. The number of nitrogens with two attached hydrogens (primary N) is 1. The first-order valence-corrected chi connectivity index (χ1v) is 3.82. The van der Waals surface area contributed by atoms with E-state index in [9.17, 15) is 9.59 Å². The monoisotopic (exact) mass is 170 g/mol. The number of carbonyl (C=O) groups excluding carboxylic acids is 2. The van der Waals surface area contributed by atoms with E-state index in [1.54, 1.807) is 6.92 Å². The van der Waals surface area contributed by atoms with E-state index >= 15 is 0 Å². The lowest BCUT2D eigenvalue weighted by Gasteiger charge is -2.09. The molecule has 0 aliphatic rings. The number of carbonyl (C=O) groups is 2. The van der Waals surface area contributed by atoms with Crippen LogP contribution in [0.5, 0.6) is 0 Å². The van der Waals surface area contributed by atoms with Gasteiger partial charge in [0, 0.05) is 5.92 Å². The van der Waals surface area contributed by atoms with E-state index in [4.69, 9.17) is 5.73 Å². The molecule has 0 heterocycles. The molecule has 0 unspecified atom stereocenters.